The number of nitrogens with zero attached hydrogens (tertiary/aromatic N) is 1. The zero-order valence-electron chi connectivity index (χ0n) is 8.84. The normalized spacial score (nSPS) is 11.2. The summed E-state index contributed by atoms with van der Waals surface area (Å²) in [6, 6.07) is 7.74. The molecular weight excluding hydrogens is 260 g/mol. The highest BCUT2D eigenvalue weighted by molar-refractivity contribution is 7.16. The highest BCUT2D eigenvalue weighted by Crippen LogP contribution is 2.18. The molecule has 0 saturated carbocycles. The smallest absolute Gasteiger partial charge is 0.418 e. The third-order valence-electron chi connectivity index (χ3n) is 1.88. The van der Waals surface area contributed by atoms with Crippen LogP contribution in [0.25, 0.3) is 10.2 Å². The maximum Gasteiger partial charge on any atom is 0.673 e. The highest BCUT2D eigenvalue weighted by atomic mass is 32.1. The first kappa shape index (κ1) is 13.9. The molecule has 1 heterocycles. The Morgan fingerprint density at radius 3 is 2.24 bits per heavy atom. The van der Waals surface area contributed by atoms with Crippen LogP contribution in [0.2, 0.25) is 0 Å². The Balaban J connectivity index is 0.000000249. The van der Waals surface area contributed by atoms with Crippen LogP contribution in [0, 0.1) is 5.26 Å². The summed E-state index contributed by atoms with van der Waals surface area (Å²) in [5.41, 5.74) is 0.988. The molecule has 2 rings (SSSR count). The van der Waals surface area contributed by atoms with E-state index in [-0.39, 0.29) is 5.26 Å². The van der Waals surface area contributed by atoms with Crippen LogP contribution in [0.1, 0.15) is 6.92 Å². The van der Waals surface area contributed by atoms with Gasteiger partial charge in [-0.3, -0.25) is 0 Å². The van der Waals surface area contributed by atoms with Gasteiger partial charge < -0.3 is 17.3 Å². The van der Waals surface area contributed by atoms with Gasteiger partial charge in [0.1, 0.15) is 11.2 Å². The summed E-state index contributed by atoms with van der Waals surface area (Å²) in [5, 5.41) is -0.112. The Labute approximate surface area is 98.6 Å². The van der Waals surface area contributed by atoms with Gasteiger partial charge in [-0.15, -0.1) is 4.39 Å². The van der Waals surface area contributed by atoms with Crippen LogP contribution in [0.5, 0.6) is 0 Å². The predicted molar refractivity (Wildman–Crippen MR) is 57.8 cm³/mol. The van der Waals surface area contributed by atoms with E-state index in [1.807, 2.05) is 31.2 Å². The Morgan fingerprint density at radius 1 is 1.18 bits per heavy atom. The highest BCUT2D eigenvalue weighted by Gasteiger charge is 2.20. The Hall–Kier alpha value is -1.18. The molecule has 17 heavy (non-hydrogen) atoms. The molecule has 0 atom stereocenters. The van der Waals surface area contributed by atoms with Gasteiger partial charge in [0.2, 0.25) is 5.52 Å². The number of hydrogen-bond donors (Lipinski definition) is 0. The minimum Gasteiger partial charge on any atom is -0.418 e. The Morgan fingerprint density at radius 2 is 1.71 bits per heavy atom. The van der Waals surface area contributed by atoms with E-state index >= 15 is 0 Å². The molecule has 0 radical (unpaired) electrons. The van der Waals surface area contributed by atoms with Gasteiger partial charge in [-0.1, -0.05) is 12.1 Å². The van der Waals surface area contributed by atoms with Crippen molar-refractivity contribution in [2.45, 2.75) is 13.5 Å². The molecule has 0 aliphatic heterocycles. The first-order valence-electron chi connectivity index (χ1n) is 4.77. The molecule has 94 valence electrons. The number of aromatic nitrogens is 1. The second-order valence-electron chi connectivity index (χ2n) is 3.06. The molecule has 1 nitrogen and oxygen atoms in total. The fourth-order valence-electron chi connectivity index (χ4n) is 1.30. The second-order valence-corrected chi connectivity index (χ2v) is 4.04. The maximum absolute atomic E-state index is 13.2. The minimum absolute atomic E-state index is 0.112. The average molecular weight is 269 g/mol. The number of para-hydroxylation sites is 1. The van der Waals surface area contributed by atoms with Crippen molar-refractivity contribution in [3.8, 4) is 0 Å². The zero-order valence-corrected chi connectivity index (χ0v) is 9.66. The maximum atomic E-state index is 13.2. The molecule has 1 aromatic heterocycles. The fraction of sp³-hybridized carbons (Fsp3) is 0.222. The lowest BCUT2D eigenvalue weighted by Crippen LogP contribution is -2.34. The largest absolute Gasteiger partial charge is 0.673 e. The molecule has 0 spiro atoms. The third kappa shape index (κ3) is 4.30. The van der Waals surface area contributed by atoms with Crippen LogP contribution in [0.4, 0.5) is 21.7 Å². The van der Waals surface area contributed by atoms with E-state index in [0.717, 1.165) is 10.2 Å². The van der Waals surface area contributed by atoms with Crippen LogP contribution in [0.3, 0.4) is 0 Å². The number of rotatable bonds is 1. The number of halogens is 5. The summed E-state index contributed by atoms with van der Waals surface area (Å²) in [6.07, 6.45) is 0. The quantitative estimate of drug-likeness (QED) is 0.422. The second kappa shape index (κ2) is 5.44. The number of benzene rings is 1. The fourth-order valence-corrected chi connectivity index (χ4v) is 2.25. The van der Waals surface area contributed by atoms with E-state index in [1.54, 1.807) is 4.57 Å². The third-order valence-corrected chi connectivity index (χ3v) is 2.83. The van der Waals surface area contributed by atoms with Crippen LogP contribution in [-0.2, 0) is 6.54 Å². The Kier molecular flexibility index (Phi) is 4.44. The SMILES string of the molecule is CC[n+]1c(F)sc2ccccc21.F[B-](F)(F)F. The number of fused-ring (bicyclic) bond motifs is 1. The molecule has 1 aromatic carbocycles. The molecule has 0 amide bonds. The Bertz CT molecular complexity index is 490. The summed E-state index contributed by atoms with van der Waals surface area (Å²) < 4.78 is 54.9. The van der Waals surface area contributed by atoms with Gasteiger partial charge >= 0.3 is 12.5 Å². The zero-order chi connectivity index (χ0) is 13.1. The molecule has 0 saturated heterocycles. The van der Waals surface area contributed by atoms with Crippen molar-refractivity contribution in [3.63, 3.8) is 0 Å². The van der Waals surface area contributed by atoms with Crippen molar-refractivity contribution in [2.75, 3.05) is 0 Å². The summed E-state index contributed by atoms with van der Waals surface area (Å²) >= 11 is 1.20. The van der Waals surface area contributed by atoms with E-state index in [2.05, 4.69) is 0 Å². The first-order valence-corrected chi connectivity index (χ1v) is 5.58. The lowest BCUT2D eigenvalue weighted by Gasteiger charge is -1.94. The summed E-state index contributed by atoms with van der Waals surface area (Å²) in [7, 11) is -6.00. The van der Waals surface area contributed by atoms with Gasteiger partial charge in [0.25, 0.3) is 0 Å². The number of aryl methyl sites for hydroxylation is 1. The van der Waals surface area contributed by atoms with Crippen LogP contribution < -0.4 is 4.57 Å². The number of thiazole rings is 1. The molecule has 0 aliphatic carbocycles. The van der Waals surface area contributed by atoms with Crippen molar-refractivity contribution in [1.82, 2.24) is 0 Å². The summed E-state index contributed by atoms with van der Waals surface area (Å²) in [5.74, 6) is 0. The van der Waals surface area contributed by atoms with E-state index in [0.29, 0.717) is 6.54 Å². The van der Waals surface area contributed by atoms with Gasteiger partial charge in [-0.05, 0) is 24.3 Å². The van der Waals surface area contributed by atoms with E-state index < -0.39 is 7.25 Å². The average Bonchev–Trinajstić information content (AvgIpc) is 2.50. The topological polar surface area (TPSA) is 3.88 Å². The van der Waals surface area contributed by atoms with Gasteiger partial charge in [-0.25, -0.2) is 0 Å². The van der Waals surface area contributed by atoms with Gasteiger partial charge in [0, 0.05) is 6.07 Å². The molecule has 0 fully saturated rings. The van der Waals surface area contributed by atoms with Crippen LogP contribution in [0.15, 0.2) is 24.3 Å². The lowest BCUT2D eigenvalue weighted by atomic mass is 10.3. The van der Waals surface area contributed by atoms with Crippen LogP contribution in [-0.4, -0.2) is 7.25 Å². The molecule has 0 unspecified atom stereocenters. The molecule has 8 heteroatoms. The van der Waals surface area contributed by atoms with Crippen LogP contribution >= 0.6 is 11.3 Å². The molecule has 0 bridgehead atoms. The predicted octanol–water partition coefficient (Wildman–Crippen LogP) is 3.65. The lowest BCUT2D eigenvalue weighted by molar-refractivity contribution is -0.690. The van der Waals surface area contributed by atoms with E-state index in [4.69, 9.17) is 0 Å². The van der Waals surface area contributed by atoms with Gasteiger partial charge in [0.15, 0.2) is 0 Å². The van der Waals surface area contributed by atoms with Crippen molar-refractivity contribution < 1.29 is 26.2 Å². The van der Waals surface area contributed by atoms with Crippen molar-refractivity contribution in [1.29, 1.82) is 0 Å². The van der Waals surface area contributed by atoms with Crippen molar-refractivity contribution >= 4 is 28.8 Å². The molecular formula is C9H9BF5NS. The van der Waals surface area contributed by atoms with Crippen molar-refractivity contribution in [2.24, 2.45) is 0 Å². The molecule has 0 N–H and O–H groups in total. The molecule has 2 aromatic rings. The standard InChI is InChI=1S/C9H9FNS.BF4/c1-2-11-7-5-3-4-6-8(7)12-9(11)10;2-1(3,4)5/h3-6H,2H2,1H3;/q+1;-1. The summed E-state index contributed by atoms with van der Waals surface area (Å²) in [4.78, 5) is 0. The minimum atomic E-state index is -6.00. The van der Waals surface area contributed by atoms with E-state index in [9.17, 15) is 21.7 Å². The molecule has 0 aliphatic rings. The van der Waals surface area contributed by atoms with Crippen molar-refractivity contribution in [3.05, 3.63) is 29.5 Å². The summed E-state index contributed by atoms with van der Waals surface area (Å²) in [6.45, 7) is 2.64. The number of hydrogen-bond acceptors (Lipinski definition) is 1. The first-order chi connectivity index (χ1) is 7.83. The van der Waals surface area contributed by atoms with Gasteiger partial charge in [-0.2, -0.15) is 4.57 Å². The monoisotopic (exact) mass is 269 g/mol. The van der Waals surface area contributed by atoms with Gasteiger partial charge in [0.05, 0.1) is 0 Å². The van der Waals surface area contributed by atoms with E-state index in [1.165, 1.54) is 11.3 Å².